The van der Waals surface area contributed by atoms with Gasteiger partial charge in [0.15, 0.2) is 0 Å². The molecular formula is C18H30N2O2. The molecule has 3 N–H and O–H groups in total. The van der Waals surface area contributed by atoms with Crippen LogP contribution in [0.4, 0.5) is 5.69 Å². The average Bonchev–Trinajstić information content (AvgIpc) is 2.48. The van der Waals surface area contributed by atoms with Crippen LogP contribution in [0.5, 0.6) is 5.75 Å². The number of ether oxygens (including phenoxy) is 2. The SMILES string of the molecule is CC1CC(Oc2ccc(NCCCCCN)cc2)CC(C)O1. The lowest BCUT2D eigenvalue weighted by molar-refractivity contribution is -0.0721. The molecule has 0 amide bonds. The van der Waals surface area contributed by atoms with Crippen molar-refractivity contribution in [1.29, 1.82) is 0 Å². The number of nitrogens with one attached hydrogen (secondary N) is 1. The zero-order chi connectivity index (χ0) is 15.8. The number of rotatable bonds is 8. The van der Waals surface area contributed by atoms with E-state index in [4.69, 9.17) is 15.2 Å². The van der Waals surface area contributed by atoms with E-state index in [9.17, 15) is 0 Å². The normalized spacial score (nSPS) is 25.0. The Balaban J connectivity index is 1.74. The fourth-order valence-corrected chi connectivity index (χ4v) is 2.96. The molecule has 1 saturated heterocycles. The summed E-state index contributed by atoms with van der Waals surface area (Å²) in [7, 11) is 0. The minimum absolute atomic E-state index is 0.258. The molecule has 1 aromatic rings. The van der Waals surface area contributed by atoms with Crippen LogP contribution in [-0.4, -0.2) is 31.4 Å². The predicted octanol–water partition coefficient (Wildman–Crippen LogP) is 3.56. The molecule has 0 bridgehead atoms. The van der Waals surface area contributed by atoms with Crippen LogP contribution in [-0.2, 0) is 4.74 Å². The molecule has 1 fully saturated rings. The van der Waals surface area contributed by atoms with Crippen molar-refractivity contribution in [3.63, 3.8) is 0 Å². The van der Waals surface area contributed by atoms with Gasteiger partial charge in [0.25, 0.3) is 0 Å². The Morgan fingerprint density at radius 3 is 2.41 bits per heavy atom. The third-order valence-corrected chi connectivity index (χ3v) is 4.02. The molecule has 2 atom stereocenters. The molecule has 22 heavy (non-hydrogen) atoms. The van der Waals surface area contributed by atoms with Crippen LogP contribution in [0.15, 0.2) is 24.3 Å². The van der Waals surface area contributed by atoms with Gasteiger partial charge < -0.3 is 20.5 Å². The lowest BCUT2D eigenvalue weighted by atomic mass is 10.0. The van der Waals surface area contributed by atoms with Gasteiger partial charge in [-0.1, -0.05) is 6.42 Å². The van der Waals surface area contributed by atoms with Gasteiger partial charge in [0.1, 0.15) is 11.9 Å². The highest BCUT2D eigenvalue weighted by atomic mass is 16.5. The zero-order valence-corrected chi connectivity index (χ0v) is 13.9. The van der Waals surface area contributed by atoms with Crippen molar-refractivity contribution in [2.75, 3.05) is 18.4 Å². The molecule has 0 saturated carbocycles. The molecule has 0 radical (unpaired) electrons. The highest BCUT2D eigenvalue weighted by Gasteiger charge is 2.25. The van der Waals surface area contributed by atoms with Crippen LogP contribution < -0.4 is 15.8 Å². The van der Waals surface area contributed by atoms with Crippen molar-refractivity contribution >= 4 is 5.69 Å². The summed E-state index contributed by atoms with van der Waals surface area (Å²) in [4.78, 5) is 0. The highest BCUT2D eigenvalue weighted by Crippen LogP contribution is 2.25. The fourth-order valence-electron chi connectivity index (χ4n) is 2.96. The van der Waals surface area contributed by atoms with E-state index >= 15 is 0 Å². The van der Waals surface area contributed by atoms with Crippen molar-refractivity contribution in [2.24, 2.45) is 5.73 Å². The van der Waals surface area contributed by atoms with Crippen LogP contribution in [0.25, 0.3) is 0 Å². The molecule has 2 unspecified atom stereocenters. The molecule has 0 aromatic heterocycles. The van der Waals surface area contributed by atoms with Gasteiger partial charge in [0.2, 0.25) is 0 Å². The van der Waals surface area contributed by atoms with Crippen LogP contribution >= 0.6 is 0 Å². The van der Waals surface area contributed by atoms with Gasteiger partial charge in [0, 0.05) is 25.1 Å². The number of hydrogen-bond donors (Lipinski definition) is 2. The van der Waals surface area contributed by atoms with Crippen molar-refractivity contribution in [3.8, 4) is 5.75 Å². The van der Waals surface area contributed by atoms with E-state index in [1.807, 2.05) is 12.1 Å². The predicted molar refractivity (Wildman–Crippen MR) is 91.5 cm³/mol. The molecule has 0 spiro atoms. The first-order chi connectivity index (χ1) is 10.7. The van der Waals surface area contributed by atoms with Gasteiger partial charge in [-0.25, -0.2) is 0 Å². The van der Waals surface area contributed by atoms with Gasteiger partial charge in [0.05, 0.1) is 12.2 Å². The Morgan fingerprint density at radius 2 is 1.77 bits per heavy atom. The van der Waals surface area contributed by atoms with E-state index in [1.165, 1.54) is 6.42 Å². The highest BCUT2D eigenvalue weighted by molar-refractivity contribution is 5.46. The second-order valence-corrected chi connectivity index (χ2v) is 6.27. The minimum Gasteiger partial charge on any atom is -0.490 e. The van der Waals surface area contributed by atoms with Gasteiger partial charge in [-0.2, -0.15) is 0 Å². The van der Waals surface area contributed by atoms with Gasteiger partial charge in [-0.3, -0.25) is 0 Å². The Bertz CT molecular complexity index is 412. The lowest BCUT2D eigenvalue weighted by Crippen LogP contribution is -2.35. The van der Waals surface area contributed by atoms with Crippen molar-refractivity contribution < 1.29 is 9.47 Å². The first-order valence-corrected chi connectivity index (χ1v) is 8.53. The summed E-state index contributed by atoms with van der Waals surface area (Å²) >= 11 is 0. The van der Waals surface area contributed by atoms with Crippen LogP contribution in [0.2, 0.25) is 0 Å². The Morgan fingerprint density at radius 1 is 1.09 bits per heavy atom. The van der Waals surface area contributed by atoms with Gasteiger partial charge in [-0.15, -0.1) is 0 Å². The summed E-state index contributed by atoms with van der Waals surface area (Å²) < 4.78 is 11.8. The number of anilines is 1. The Kier molecular flexibility index (Phi) is 7.00. The number of hydrogen-bond acceptors (Lipinski definition) is 4. The minimum atomic E-state index is 0.258. The second kappa shape index (κ2) is 9.01. The van der Waals surface area contributed by atoms with E-state index in [0.717, 1.165) is 50.2 Å². The molecule has 1 heterocycles. The molecule has 2 rings (SSSR count). The van der Waals surface area contributed by atoms with Crippen LogP contribution in [0, 0.1) is 0 Å². The molecule has 0 aliphatic carbocycles. The molecule has 4 nitrogen and oxygen atoms in total. The van der Waals surface area contributed by atoms with E-state index in [0.29, 0.717) is 0 Å². The Hall–Kier alpha value is -1.26. The smallest absolute Gasteiger partial charge is 0.119 e. The summed E-state index contributed by atoms with van der Waals surface area (Å²) in [5, 5.41) is 3.43. The van der Waals surface area contributed by atoms with E-state index in [1.54, 1.807) is 0 Å². The van der Waals surface area contributed by atoms with Gasteiger partial charge >= 0.3 is 0 Å². The molecule has 124 valence electrons. The summed E-state index contributed by atoms with van der Waals surface area (Å²) in [5.74, 6) is 0.944. The van der Waals surface area contributed by atoms with E-state index < -0.39 is 0 Å². The standard InChI is InChI=1S/C18H30N2O2/c1-14-12-18(13-15(2)21-14)22-17-8-6-16(7-9-17)20-11-5-3-4-10-19/h6-9,14-15,18,20H,3-5,10-13,19H2,1-2H3. The van der Waals surface area contributed by atoms with Gasteiger partial charge in [-0.05, 0) is 57.5 Å². The van der Waals surface area contributed by atoms with Crippen molar-refractivity contribution in [3.05, 3.63) is 24.3 Å². The number of nitrogens with two attached hydrogens (primary N) is 1. The summed E-state index contributed by atoms with van der Waals surface area (Å²) in [6.45, 7) is 6.01. The fraction of sp³-hybridized carbons (Fsp3) is 0.667. The molecular weight excluding hydrogens is 276 g/mol. The van der Waals surface area contributed by atoms with Crippen LogP contribution in [0.3, 0.4) is 0 Å². The molecule has 1 aromatic carbocycles. The molecule has 1 aliphatic rings. The number of unbranched alkanes of at least 4 members (excludes halogenated alkanes) is 2. The maximum absolute atomic E-state index is 6.09. The summed E-state index contributed by atoms with van der Waals surface area (Å²) in [6, 6.07) is 8.27. The monoisotopic (exact) mass is 306 g/mol. The summed E-state index contributed by atoms with van der Waals surface area (Å²) in [5.41, 5.74) is 6.64. The maximum atomic E-state index is 6.09. The molecule has 1 aliphatic heterocycles. The third-order valence-electron chi connectivity index (χ3n) is 4.02. The van der Waals surface area contributed by atoms with Crippen LogP contribution in [0.1, 0.15) is 46.0 Å². The average molecular weight is 306 g/mol. The first-order valence-electron chi connectivity index (χ1n) is 8.53. The lowest BCUT2D eigenvalue weighted by Gasteiger charge is -2.32. The number of benzene rings is 1. The second-order valence-electron chi connectivity index (χ2n) is 6.27. The largest absolute Gasteiger partial charge is 0.490 e. The van der Waals surface area contributed by atoms with E-state index in [-0.39, 0.29) is 18.3 Å². The van der Waals surface area contributed by atoms with Crippen molar-refractivity contribution in [1.82, 2.24) is 0 Å². The summed E-state index contributed by atoms with van der Waals surface area (Å²) in [6.07, 6.45) is 6.20. The topological polar surface area (TPSA) is 56.5 Å². The van der Waals surface area contributed by atoms with Crippen molar-refractivity contribution in [2.45, 2.75) is 64.3 Å². The molecule has 4 heteroatoms. The van der Waals surface area contributed by atoms with E-state index in [2.05, 4.69) is 31.3 Å². The first kappa shape index (κ1) is 17.1. The quantitative estimate of drug-likeness (QED) is 0.721. The third kappa shape index (κ3) is 5.85. The Labute approximate surface area is 134 Å². The zero-order valence-electron chi connectivity index (χ0n) is 13.9. The maximum Gasteiger partial charge on any atom is 0.119 e.